The Labute approximate surface area is 193 Å². The lowest BCUT2D eigenvalue weighted by atomic mass is 9.82. The number of nitrogens with one attached hydrogen (secondary N) is 1. The van der Waals surface area contributed by atoms with Gasteiger partial charge in [0, 0.05) is 25.1 Å². The van der Waals surface area contributed by atoms with Gasteiger partial charge < -0.3 is 0 Å². The second-order valence-corrected chi connectivity index (χ2v) is 10.8. The predicted molar refractivity (Wildman–Crippen MR) is 124 cm³/mol. The summed E-state index contributed by atoms with van der Waals surface area (Å²) < 4.78 is 59.1. The van der Waals surface area contributed by atoms with Gasteiger partial charge in [0.15, 0.2) is 0 Å². The van der Waals surface area contributed by atoms with Crippen molar-refractivity contribution < 1.29 is 18.6 Å². The van der Waals surface area contributed by atoms with Crippen molar-refractivity contribution in [1.29, 1.82) is 0 Å². The monoisotopic (exact) mass is 482 g/mol. The molecule has 0 saturated carbocycles. The van der Waals surface area contributed by atoms with Crippen molar-refractivity contribution in [2.45, 2.75) is 38.1 Å². The van der Waals surface area contributed by atoms with Gasteiger partial charge >= 0.3 is 0 Å². The van der Waals surface area contributed by atoms with Crippen LogP contribution >= 0.6 is 11.5 Å². The molecule has 0 aliphatic carbocycles. The quantitative estimate of drug-likeness (QED) is 0.543. The predicted octanol–water partition coefficient (Wildman–Crippen LogP) is 5.17. The van der Waals surface area contributed by atoms with Crippen LogP contribution in [0.4, 0.5) is 13.9 Å². The van der Waals surface area contributed by atoms with Crippen molar-refractivity contribution in [3.8, 4) is 0 Å². The summed E-state index contributed by atoms with van der Waals surface area (Å²) in [5.41, 5.74) is 0.409. The molecule has 1 aliphatic heterocycles. The lowest BCUT2D eigenvalue weighted by Gasteiger charge is -2.37. The minimum Gasteiger partial charge on any atom is -0.299 e. The van der Waals surface area contributed by atoms with Crippen molar-refractivity contribution in [2.24, 2.45) is 5.41 Å². The Hall–Kier alpha value is -2.43. The number of benzene rings is 2. The van der Waals surface area contributed by atoms with E-state index in [0.29, 0.717) is 0 Å². The molecule has 6 nitrogen and oxygen atoms in total. The van der Waals surface area contributed by atoms with E-state index >= 15 is 0 Å². The normalized spacial score (nSPS) is 16.1. The topological polar surface area (TPSA) is 75.2 Å². The summed E-state index contributed by atoms with van der Waals surface area (Å²) in [4.78, 5) is 4.99. The first-order valence-electron chi connectivity index (χ1n) is 10.2. The van der Waals surface area contributed by atoms with Gasteiger partial charge in [-0.25, -0.2) is 22.2 Å². The molecule has 1 aromatic heterocycles. The van der Waals surface area contributed by atoms with Gasteiger partial charge in [0.05, 0.1) is 0 Å². The number of halogens is 2. The Kier molecular flexibility index (Phi) is 7.91. The zero-order valence-corrected chi connectivity index (χ0v) is 19.6. The summed E-state index contributed by atoms with van der Waals surface area (Å²) in [6.07, 6.45) is 3.13. The van der Waals surface area contributed by atoms with Crippen LogP contribution in [-0.4, -0.2) is 35.8 Å². The van der Waals surface area contributed by atoms with E-state index in [1.807, 2.05) is 36.4 Å². The van der Waals surface area contributed by atoms with Gasteiger partial charge in [0.2, 0.25) is 5.13 Å². The summed E-state index contributed by atoms with van der Waals surface area (Å²) in [7, 11) is -4.27. The highest BCUT2D eigenvalue weighted by molar-refractivity contribution is 7.93. The van der Waals surface area contributed by atoms with Gasteiger partial charge in [-0.15, -0.1) is 0 Å². The largest absolute Gasteiger partial charge is 0.299 e. The molecule has 1 fully saturated rings. The number of hydrogen-bond acceptors (Lipinski definition) is 6. The number of nitrogens with zero attached hydrogens (tertiary/aromatic N) is 3. The zero-order valence-electron chi connectivity index (χ0n) is 18.0. The van der Waals surface area contributed by atoms with Gasteiger partial charge in [-0.05, 0) is 43.5 Å². The molecule has 32 heavy (non-hydrogen) atoms. The van der Waals surface area contributed by atoms with Crippen molar-refractivity contribution in [3.05, 3.63) is 72.1 Å². The van der Waals surface area contributed by atoms with Crippen LogP contribution < -0.4 is 4.72 Å². The lowest BCUT2D eigenvalue weighted by molar-refractivity contribution is 0.126. The van der Waals surface area contributed by atoms with Crippen molar-refractivity contribution in [3.63, 3.8) is 0 Å². The smallest absolute Gasteiger partial charge is 0.266 e. The molecule has 0 radical (unpaired) electrons. The summed E-state index contributed by atoms with van der Waals surface area (Å²) in [6, 6.07) is 13.7. The maximum absolute atomic E-state index is 14.4. The van der Waals surface area contributed by atoms with Crippen molar-refractivity contribution >= 4 is 26.7 Å². The van der Waals surface area contributed by atoms with Crippen LogP contribution in [0.3, 0.4) is 0 Å². The maximum atomic E-state index is 14.4. The van der Waals surface area contributed by atoms with E-state index in [9.17, 15) is 17.2 Å². The van der Waals surface area contributed by atoms with E-state index in [1.54, 1.807) is 0 Å². The fourth-order valence-electron chi connectivity index (χ4n) is 3.23. The molecule has 1 N–H and O–H groups in total. The molecule has 0 unspecified atom stereocenters. The summed E-state index contributed by atoms with van der Waals surface area (Å²) in [5.74, 6) is -1.73. The van der Waals surface area contributed by atoms with Crippen LogP contribution in [0.15, 0.2) is 59.8 Å². The third-order valence-corrected chi connectivity index (χ3v) is 7.31. The van der Waals surface area contributed by atoms with E-state index in [4.69, 9.17) is 0 Å². The van der Waals surface area contributed by atoms with Gasteiger partial charge in [0.1, 0.15) is 22.9 Å². The Balaban J connectivity index is 0.000000479. The maximum Gasteiger partial charge on any atom is 0.266 e. The highest BCUT2D eigenvalue weighted by Crippen LogP contribution is 2.31. The Bertz CT molecular complexity index is 1080. The van der Waals surface area contributed by atoms with Gasteiger partial charge in [-0.3, -0.25) is 9.62 Å². The van der Waals surface area contributed by atoms with Gasteiger partial charge in [-0.1, -0.05) is 50.2 Å². The molecule has 4 rings (SSSR count). The Morgan fingerprint density at radius 2 is 1.66 bits per heavy atom. The zero-order chi connectivity index (χ0) is 23.2. The van der Waals surface area contributed by atoms with E-state index < -0.39 is 26.6 Å². The molecule has 10 heteroatoms. The van der Waals surface area contributed by atoms with Crippen LogP contribution in [0, 0.1) is 17.0 Å². The molecule has 2 heterocycles. The molecule has 3 aromatic rings. The average molecular weight is 483 g/mol. The fourth-order valence-corrected chi connectivity index (χ4v) is 4.96. The molecule has 0 spiro atoms. The number of aromatic nitrogens is 2. The molecular formula is C22H28F2N4O2S2. The highest BCUT2D eigenvalue weighted by atomic mass is 32.2. The Morgan fingerprint density at radius 3 is 2.19 bits per heavy atom. The second kappa shape index (κ2) is 10.5. The number of hydrogen-bond donors (Lipinski definition) is 1. The van der Waals surface area contributed by atoms with Crippen LogP contribution in [0.25, 0.3) is 0 Å². The van der Waals surface area contributed by atoms with Crippen LogP contribution in [0.5, 0.6) is 0 Å². The summed E-state index contributed by atoms with van der Waals surface area (Å²) in [5, 5.41) is -0.00943. The standard InChI is InChI=1S/C16H20F2N4O2S2.C6H6.H2/c1-16(2)3-5-22(6-4-16)9-11-7-13(18)14(8-12(11)17)26(23,24)21-15-19-10-20-25-15;1-2-4-6-5-3-1;/h7-8,10H,3-6,9H2,1-2H3,(H,19,20,21);1-6H;1H. The molecular weight excluding hydrogens is 454 g/mol. The molecule has 1 aliphatic rings. The van der Waals surface area contributed by atoms with Crippen molar-refractivity contribution in [1.82, 2.24) is 14.3 Å². The van der Waals surface area contributed by atoms with Crippen LogP contribution in [-0.2, 0) is 16.6 Å². The molecule has 2 aromatic carbocycles. The fraction of sp³-hybridized carbons (Fsp3) is 0.364. The molecule has 0 atom stereocenters. The molecule has 0 amide bonds. The third kappa shape index (κ3) is 6.78. The van der Waals surface area contributed by atoms with E-state index in [2.05, 4.69) is 32.8 Å². The molecule has 1 saturated heterocycles. The number of likely N-dealkylation sites (tertiary alicyclic amines) is 1. The molecule has 0 bridgehead atoms. The SMILES string of the molecule is CC1(C)CCN(Cc2cc(F)c(S(=O)(=O)Nc3ncns3)cc2F)CC1.[HH].c1ccccc1. The number of rotatable bonds is 5. The van der Waals surface area contributed by atoms with E-state index in [0.717, 1.165) is 49.6 Å². The van der Waals surface area contributed by atoms with Crippen molar-refractivity contribution in [2.75, 3.05) is 17.8 Å². The highest BCUT2D eigenvalue weighted by Gasteiger charge is 2.27. The second-order valence-electron chi connectivity index (χ2n) is 8.32. The van der Waals surface area contributed by atoms with Gasteiger partial charge in [-0.2, -0.15) is 4.37 Å². The summed E-state index contributed by atoms with van der Waals surface area (Å²) in [6.45, 7) is 6.23. The lowest BCUT2D eigenvalue weighted by Crippen LogP contribution is -2.37. The minimum absolute atomic E-state index is 0. The Morgan fingerprint density at radius 1 is 1.06 bits per heavy atom. The van der Waals surface area contributed by atoms with E-state index in [1.165, 1.54) is 6.33 Å². The number of piperidine rings is 1. The molecule has 174 valence electrons. The first-order valence-corrected chi connectivity index (χ1v) is 12.4. The minimum atomic E-state index is -4.27. The first kappa shape index (κ1) is 24.2. The summed E-state index contributed by atoms with van der Waals surface area (Å²) >= 11 is 0.806. The van der Waals surface area contributed by atoms with Gasteiger partial charge in [0.25, 0.3) is 10.0 Å². The number of sulfonamides is 1. The third-order valence-electron chi connectivity index (χ3n) is 5.24. The van der Waals surface area contributed by atoms with Crippen LogP contribution in [0.1, 0.15) is 33.7 Å². The number of anilines is 1. The van der Waals surface area contributed by atoms with E-state index in [-0.39, 0.29) is 24.1 Å². The average Bonchev–Trinajstić information content (AvgIpc) is 3.26. The first-order chi connectivity index (χ1) is 15.2. The van der Waals surface area contributed by atoms with Crippen LogP contribution in [0.2, 0.25) is 0 Å².